The fourth-order valence-electron chi connectivity index (χ4n) is 1.99. The highest BCUT2D eigenvalue weighted by Crippen LogP contribution is 2.13. The van der Waals surface area contributed by atoms with Gasteiger partial charge in [-0.3, -0.25) is 4.79 Å². The minimum atomic E-state index is -0.568. The number of hydrogen-bond acceptors (Lipinski definition) is 6. The van der Waals surface area contributed by atoms with Gasteiger partial charge in [0, 0.05) is 10.0 Å². The number of hydrogen-bond donors (Lipinski definition) is 0. The number of rotatable bonds is 5. The summed E-state index contributed by atoms with van der Waals surface area (Å²) in [5.74, 6) is -0.837. The van der Waals surface area contributed by atoms with Crippen LogP contribution in [0.5, 0.6) is 0 Å². The number of aromatic nitrogens is 4. The smallest absolute Gasteiger partial charge is 0.338 e. The first-order valence-corrected chi connectivity index (χ1v) is 7.72. The van der Waals surface area contributed by atoms with Crippen molar-refractivity contribution in [2.24, 2.45) is 0 Å². The minimum Gasteiger partial charge on any atom is -0.454 e. The van der Waals surface area contributed by atoms with Crippen LogP contribution in [0.1, 0.15) is 20.7 Å². The molecule has 0 unspecified atom stereocenters. The van der Waals surface area contributed by atoms with E-state index in [2.05, 4.69) is 31.5 Å². The van der Waals surface area contributed by atoms with Crippen LogP contribution in [0.2, 0.25) is 0 Å². The van der Waals surface area contributed by atoms with Gasteiger partial charge in [0.15, 0.2) is 12.4 Å². The van der Waals surface area contributed by atoms with Crippen molar-refractivity contribution in [3.05, 3.63) is 70.5 Å². The second kappa shape index (κ2) is 7.14. The maximum Gasteiger partial charge on any atom is 0.338 e. The lowest BCUT2D eigenvalue weighted by Gasteiger charge is -2.06. The molecule has 0 aliphatic rings. The zero-order valence-corrected chi connectivity index (χ0v) is 13.9. The zero-order valence-electron chi connectivity index (χ0n) is 12.3. The van der Waals surface area contributed by atoms with E-state index in [1.807, 2.05) is 6.07 Å². The number of esters is 1. The van der Waals surface area contributed by atoms with Gasteiger partial charge in [-0.2, -0.15) is 0 Å². The van der Waals surface area contributed by atoms with Crippen LogP contribution in [0.4, 0.5) is 0 Å². The Bertz CT molecular complexity index is 863. The van der Waals surface area contributed by atoms with Gasteiger partial charge < -0.3 is 4.74 Å². The Morgan fingerprint density at radius 2 is 1.88 bits per heavy atom. The Labute approximate surface area is 145 Å². The molecule has 0 aliphatic heterocycles. The van der Waals surface area contributed by atoms with E-state index >= 15 is 0 Å². The topological polar surface area (TPSA) is 87.0 Å². The number of halogens is 1. The number of Topliss-reactive ketones (excluding diaryl/α,β-unsaturated/α-hetero) is 1. The van der Waals surface area contributed by atoms with Crippen LogP contribution in [0.3, 0.4) is 0 Å². The molecule has 0 amide bonds. The van der Waals surface area contributed by atoms with Crippen molar-refractivity contribution in [1.82, 2.24) is 20.2 Å². The summed E-state index contributed by atoms with van der Waals surface area (Å²) >= 11 is 3.29. The number of carbonyl (C=O) groups excluding carboxylic acids is 2. The van der Waals surface area contributed by atoms with E-state index in [1.54, 1.807) is 42.5 Å². The quantitative estimate of drug-likeness (QED) is 0.494. The van der Waals surface area contributed by atoms with Crippen LogP contribution in [0.25, 0.3) is 5.69 Å². The highest BCUT2D eigenvalue weighted by molar-refractivity contribution is 9.10. The maximum absolute atomic E-state index is 12.0. The molecule has 7 nitrogen and oxygen atoms in total. The largest absolute Gasteiger partial charge is 0.454 e. The molecular formula is C16H11BrN4O3. The summed E-state index contributed by atoms with van der Waals surface area (Å²) in [6, 6.07) is 13.4. The Morgan fingerprint density at radius 1 is 1.08 bits per heavy atom. The molecule has 0 bridgehead atoms. The van der Waals surface area contributed by atoms with Crippen LogP contribution in [-0.2, 0) is 4.74 Å². The van der Waals surface area contributed by atoms with E-state index in [-0.39, 0.29) is 12.4 Å². The molecule has 0 atom stereocenters. The van der Waals surface area contributed by atoms with Crippen LogP contribution < -0.4 is 0 Å². The van der Waals surface area contributed by atoms with Gasteiger partial charge >= 0.3 is 5.97 Å². The number of benzene rings is 2. The van der Waals surface area contributed by atoms with Crippen molar-refractivity contribution in [2.45, 2.75) is 0 Å². The average Bonchev–Trinajstić information content (AvgIpc) is 3.14. The molecule has 24 heavy (non-hydrogen) atoms. The van der Waals surface area contributed by atoms with Gasteiger partial charge in [-0.1, -0.05) is 28.1 Å². The van der Waals surface area contributed by atoms with E-state index < -0.39 is 5.97 Å². The Kier molecular flexibility index (Phi) is 4.76. The van der Waals surface area contributed by atoms with E-state index in [1.165, 1.54) is 11.0 Å². The van der Waals surface area contributed by atoms with Crippen molar-refractivity contribution in [3.63, 3.8) is 0 Å². The average molecular weight is 387 g/mol. The highest BCUT2D eigenvalue weighted by atomic mass is 79.9. The summed E-state index contributed by atoms with van der Waals surface area (Å²) in [4.78, 5) is 24.0. The molecule has 1 heterocycles. The molecule has 1 aromatic heterocycles. The Morgan fingerprint density at radius 3 is 2.54 bits per heavy atom. The first-order valence-electron chi connectivity index (χ1n) is 6.93. The fraction of sp³-hybridized carbons (Fsp3) is 0.0625. The Balaban J connectivity index is 1.62. The molecule has 0 saturated heterocycles. The number of carbonyl (C=O) groups is 2. The van der Waals surface area contributed by atoms with Crippen molar-refractivity contribution in [1.29, 1.82) is 0 Å². The van der Waals surface area contributed by atoms with Crippen LogP contribution in [0, 0.1) is 0 Å². The maximum atomic E-state index is 12.0. The van der Waals surface area contributed by atoms with Gasteiger partial charge in [-0.15, -0.1) is 5.10 Å². The van der Waals surface area contributed by atoms with Gasteiger partial charge in [-0.25, -0.2) is 9.48 Å². The van der Waals surface area contributed by atoms with E-state index in [4.69, 9.17) is 4.74 Å². The molecular weight excluding hydrogens is 376 g/mol. The molecule has 3 rings (SSSR count). The van der Waals surface area contributed by atoms with Gasteiger partial charge in [0.1, 0.15) is 6.33 Å². The van der Waals surface area contributed by atoms with Gasteiger partial charge in [-0.05, 0) is 46.8 Å². The van der Waals surface area contributed by atoms with Gasteiger partial charge in [0.2, 0.25) is 0 Å². The lowest BCUT2D eigenvalue weighted by Crippen LogP contribution is -2.14. The summed E-state index contributed by atoms with van der Waals surface area (Å²) in [7, 11) is 0. The highest BCUT2D eigenvalue weighted by Gasteiger charge is 2.12. The predicted molar refractivity (Wildman–Crippen MR) is 87.9 cm³/mol. The fourth-order valence-corrected chi connectivity index (χ4v) is 2.39. The number of ether oxygens (including phenoxy) is 1. The second-order valence-electron chi connectivity index (χ2n) is 4.81. The third-order valence-corrected chi connectivity index (χ3v) is 3.69. The minimum absolute atomic E-state index is 0.269. The van der Waals surface area contributed by atoms with Crippen molar-refractivity contribution in [2.75, 3.05) is 6.61 Å². The van der Waals surface area contributed by atoms with Gasteiger partial charge in [0.25, 0.3) is 0 Å². The standard InChI is InChI=1S/C16H11BrN4O3/c17-13-3-1-2-12(8-13)15(22)9-24-16(23)11-4-6-14(7-5-11)21-10-18-19-20-21/h1-8,10H,9H2. The lowest BCUT2D eigenvalue weighted by atomic mass is 10.1. The third-order valence-electron chi connectivity index (χ3n) is 3.20. The normalized spacial score (nSPS) is 10.4. The van der Waals surface area contributed by atoms with Gasteiger partial charge in [0.05, 0.1) is 11.3 Å². The van der Waals surface area contributed by atoms with Crippen molar-refractivity contribution < 1.29 is 14.3 Å². The molecule has 2 aromatic carbocycles. The van der Waals surface area contributed by atoms with E-state index in [9.17, 15) is 9.59 Å². The van der Waals surface area contributed by atoms with Crippen molar-refractivity contribution in [3.8, 4) is 5.69 Å². The van der Waals surface area contributed by atoms with Crippen molar-refractivity contribution >= 4 is 27.7 Å². The van der Waals surface area contributed by atoms with E-state index in [0.717, 1.165) is 4.47 Å². The summed E-state index contributed by atoms with van der Waals surface area (Å²) in [6.07, 6.45) is 1.45. The summed E-state index contributed by atoms with van der Waals surface area (Å²) in [5.41, 5.74) is 1.53. The number of nitrogens with zero attached hydrogens (tertiary/aromatic N) is 4. The van der Waals surface area contributed by atoms with E-state index in [0.29, 0.717) is 16.8 Å². The SMILES string of the molecule is O=C(COC(=O)c1ccc(-n2cnnn2)cc1)c1cccc(Br)c1. The predicted octanol–water partition coefficient (Wildman–Crippen LogP) is 2.46. The number of tetrazole rings is 1. The molecule has 0 fully saturated rings. The van der Waals surface area contributed by atoms with Crippen LogP contribution >= 0.6 is 15.9 Å². The monoisotopic (exact) mass is 386 g/mol. The lowest BCUT2D eigenvalue weighted by molar-refractivity contribution is 0.0475. The summed E-state index contributed by atoms with van der Waals surface area (Å²) < 4.78 is 7.32. The first-order chi connectivity index (χ1) is 11.6. The second-order valence-corrected chi connectivity index (χ2v) is 5.73. The molecule has 8 heteroatoms. The third kappa shape index (κ3) is 3.72. The Hall–Kier alpha value is -2.87. The van der Waals surface area contributed by atoms with Crippen LogP contribution in [-0.4, -0.2) is 38.6 Å². The first kappa shape index (κ1) is 16.0. The molecule has 0 N–H and O–H groups in total. The molecule has 120 valence electrons. The molecule has 0 saturated carbocycles. The zero-order chi connectivity index (χ0) is 16.9. The molecule has 0 radical (unpaired) electrons. The molecule has 0 spiro atoms. The summed E-state index contributed by atoms with van der Waals surface area (Å²) in [6.45, 7) is -0.315. The molecule has 0 aliphatic carbocycles. The summed E-state index contributed by atoms with van der Waals surface area (Å²) in [5, 5.41) is 10.8. The van der Waals surface area contributed by atoms with Crippen LogP contribution in [0.15, 0.2) is 59.3 Å². The number of ketones is 1. The molecule has 3 aromatic rings.